The van der Waals surface area contributed by atoms with Crippen molar-refractivity contribution in [3.8, 4) is 22.5 Å². The molecule has 8 heteroatoms. The Labute approximate surface area is 227 Å². The summed E-state index contributed by atoms with van der Waals surface area (Å²) in [6, 6.07) is 17.0. The Morgan fingerprint density at radius 1 is 0.947 bits per heavy atom. The summed E-state index contributed by atoms with van der Waals surface area (Å²) in [5, 5.41) is 14.6. The molecule has 3 aromatic rings. The van der Waals surface area contributed by atoms with Gasteiger partial charge in [-0.25, -0.2) is 0 Å². The van der Waals surface area contributed by atoms with Crippen molar-refractivity contribution in [3.63, 3.8) is 0 Å². The van der Waals surface area contributed by atoms with Gasteiger partial charge in [-0.3, -0.25) is 0 Å². The molecule has 0 spiro atoms. The first-order valence-electron chi connectivity index (χ1n) is 13.8. The lowest BCUT2D eigenvalue weighted by atomic mass is 9.98. The van der Waals surface area contributed by atoms with Crippen LogP contribution in [0.5, 0.6) is 0 Å². The molecule has 1 aromatic heterocycles. The fraction of sp³-hybridized carbons (Fsp3) is 0.500. The molecule has 0 saturated carbocycles. The van der Waals surface area contributed by atoms with E-state index < -0.39 is 0 Å². The molecule has 0 amide bonds. The van der Waals surface area contributed by atoms with Gasteiger partial charge in [0.05, 0.1) is 12.4 Å². The predicted octanol–water partition coefficient (Wildman–Crippen LogP) is 6.07. The van der Waals surface area contributed by atoms with Gasteiger partial charge in [-0.1, -0.05) is 82.1 Å². The summed E-state index contributed by atoms with van der Waals surface area (Å²) >= 11 is 0. The van der Waals surface area contributed by atoms with E-state index in [0.29, 0.717) is 11.7 Å². The van der Waals surface area contributed by atoms with Crippen LogP contribution in [0.1, 0.15) is 58.4 Å². The van der Waals surface area contributed by atoms with E-state index in [1.54, 1.807) is 14.2 Å². The number of ether oxygens (including phenoxy) is 2. The van der Waals surface area contributed by atoms with Gasteiger partial charge in [0.2, 0.25) is 5.82 Å². The number of aromatic amines is 1. The number of allylic oxidation sites excluding steroid dienone is 1. The highest BCUT2D eigenvalue weighted by atomic mass is 16.7. The molecule has 1 aliphatic heterocycles. The third kappa shape index (κ3) is 6.60. The fourth-order valence-electron chi connectivity index (χ4n) is 5.13. The molecule has 0 atom stereocenters. The number of nitrogens with zero attached hydrogens (tertiary/aromatic N) is 5. The van der Waals surface area contributed by atoms with Gasteiger partial charge in [-0.15, -0.1) is 10.2 Å². The summed E-state index contributed by atoms with van der Waals surface area (Å²) in [7, 11) is 3.47. The minimum absolute atomic E-state index is 0.354. The Bertz CT molecular complexity index is 1160. The summed E-state index contributed by atoms with van der Waals surface area (Å²) in [6.07, 6.45) is 5.38. The molecule has 0 saturated heterocycles. The Kier molecular flexibility index (Phi) is 9.90. The van der Waals surface area contributed by atoms with Crippen molar-refractivity contribution in [2.24, 2.45) is 5.92 Å². The number of aromatic nitrogens is 4. The summed E-state index contributed by atoms with van der Waals surface area (Å²) in [5.74, 6) is 1.23. The van der Waals surface area contributed by atoms with E-state index in [0.717, 1.165) is 49.3 Å². The van der Waals surface area contributed by atoms with Gasteiger partial charge < -0.3 is 19.3 Å². The summed E-state index contributed by atoms with van der Waals surface area (Å²) in [6.45, 7) is 9.53. The molecule has 0 fully saturated rings. The summed E-state index contributed by atoms with van der Waals surface area (Å²) in [4.78, 5) is 4.98. The van der Waals surface area contributed by atoms with Gasteiger partial charge in [-0.05, 0) is 47.1 Å². The van der Waals surface area contributed by atoms with Crippen molar-refractivity contribution in [2.75, 3.05) is 27.4 Å². The van der Waals surface area contributed by atoms with Gasteiger partial charge in [0.25, 0.3) is 0 Å². The van der Waals surface area contributed by atoms with Crippen molar-refractivity contribution in [1.29, 1.82) is 0 Å². The van der Waals surface area contributed by atoms with Crippen LogP contribution in [0.3, 0.4) is 0 Å². The maximum atomic E-state index is 5.80. The number of benzene rings is 2. The highest BCUT2D eigenvalue weighted by Gasteiger charge is 2.33. The highest BCUT2D eigenvalue weighted by Crippen LogP contribution is 2.34. The Hall–Kier alpha value is -3.23. The van der Waals surface area contributed by atoms with Gasteiger partial charge >= 0.3 is 0 Å². The summed E-state index contributed by atoms with van der Waals surface area (Å²) < 4.78 is 11.6. The maximum Gasteiger partial charge on any atom is 0.205 e. The summed E-state index contributed by atoms with van der Waals surface area (Å²) in [5.41, 5.74) is 6.99. The van der Waals surface area contributed by atoms with E-state index in [1.807, 2.05) is 18.2 Å². The number of tetrazole rings is 1. The van der Waals surface area contributed by atoms with Crippen molar-refractivity contribution >= 4 is 0 Å². The number of hydrogen-bond donors (Lipinski definition) is 1. The van der Waals surface area contributed by atoms with Crippen molar-refractivity contribution in [3.05, 3.63) is 65.5 Å². The van der Waals surface area contributed by atoms with Gasteiger partial charge in [0.1, 0.15) is 0 Å². The number of H-pyrrole nitrogens is 1. The third-order valence-corrected chi connectivity index (χ3v) is 7.15. The Morgan fingerprint density at radius 3 is 2.32 bits per heavy atom. The van der Waals surface area contributed by atoms with E-state index in [-0.39, 0.29) is 6.29 Å². The molecule has 1 aliphatic rings. The van der Waals surface area contributed by atoms with Crippen LogP contribution in [0.2, 0.25) is 0 Å². The first-order chi connectivity index (χ1) is 18.5. The average Bonchev–Trinajstić information content (AvgIpc) is 3.58. The molecule has 2 aromatic carbocycles. The largest absolute Gasteiger partial charge is 0.352 e. The molecule has 204 valence electrons. The number of hydrogen-bond acceptors (Lipinski definition) is 7. The maximum absolute atomic E-state index is 5.80. The van der Waals surface area contributed by atoms with Crippen LogP contribution in [0.25, 0.3) is 22.5 Å². The van der Waals surface area contributed by atoms with E-state index >= 15 is 0 Å². The third-order valence-electron chi connectivity index (χ3n) is 7.15. The van der Waals surface area contributed by atoms with Crippen LogP contribution >= 0.6 is 0 Å². The van der Waals surface area contributed by atoms with Crippen molar-refractivity contribution < 1.29 is 9.47 Å². The van der Waals surface area contributed by atoms with Crippen LogP contribution in [-0.4, -0.2) is 64.1 Å². The molecular weight excluding hydrogens is 476 g/mol. The van der Waals surface area contributed by atoms with E-state index in [9.17, 15) is 0 Å². The molecule has 2 heterocycles. The van der Waals surface area contributed by atoms with Crippen LogP contribution in [0.15, 0.2) is 59.9 Å². The molecule has 8 nitrogen and oxygen atoms in total. The molecule has 38 heavy (non-hydrogen) atoms. The number of unbranched alkanes of at least 4 members (excludes halogenated alkanes) is 2. The van der Waals surface area contributed by atoms with Gasteiger partial charge in [0.15, 0.2) is 6.29 Å². The SMILES string of the molecule is CCCCCN1CN(Cc2ccc(-c3ccccc3-c3nn[nH]n3)cc2)C(CCC(C)C)=C1C(OC)OC. The number of nitrogens with one attached hydrogen (secondary N) is 1. The number of methoxy groups -OCH3 is 2. The predicted molar refractivity (Wildman–Crippen MR) is 151 cm³/mol. The monoisotopic (exact) mass is 518 g/mol. The quantitative estimate of drug-likeness (QED) is 0.205. The van der Waals surface area contributed by atoms with Crippen LogP contribution < -0.4 is 0 Å². The second kappa shape index (κ2) is 13.5. The van der Waals surface area contributed by atoms with Crippen LogP contribution in [0.4, 0.5) is 0 Å². The normalized spacial score (nSPS) is 14.0. The van der Waals surface area contributed by atoms with Crippen LogP contribution in [-0.2, 0) is 16.0 Å². The lowest BCUT2D eigenvalue weighted by molar-refractivity contribution is -0.0886. The second-order valence-electron chi connectivity index (χ2n) is 10.4. The van der Waals surface area contributed by atoms with Crippen LogP contribution in [0, 0.1) is 5.92 Å². The lowest BCUT2D eigenvalue weighted by Gasteiger charge is -2.26. The molecule has 0 radical (unpaired) electrons. The first-order valence-corrected chi connectivity index (χ1v) is 13.8. The zero-order valence-electron chi connectivity index (χ0n) is 23.5. The first kappa shape index (κ1) is 27.8. The van der Waals surface area contributed by atoms with Gasteiger partial charge in [0, 0.05) is 38.6 Å². The molecule has 0 aliphatic carbocycles. The van der Waals surface area contributed by atoms with Gasteiger partial charge in [-0.2, -0.15) is 5.21 Å². The Morgan fingerprint density at radius 2 is 1.68 bits per heavy atom. The van der Waals surface area contributed by atoms with E-state index in [4.69, 9.17) is 9.47 Å². The van der Waals surface area contributed by atoms with Crippen molar-refractivity contribution in [1.82, 2.24) is 30.4 Å². The Balaban J connectivity index is 1.59. The van der Waals surface area contributed by atoms with E-state index in [2.05, 4.69) is 81.5 Å². The topological polar surface area (TPSA) is 79.4 Å². The fourth-order valence-corrected chi connectivity index (χ4v) is 5.13. The standard InChI is InChI=1S/C30H42N6O2/c1-6-7-10-19-35-21-36(27(18-13-22(2)3)28(35)30(37-4)38-5)20-23-14-16-24(17-15-23)25-11-8-9-12-26(25)29-31-33-34-32-29/h8-9,11-12,14-17,22,30H,6-7,10,13,18-21H2,1-5H3,(H,31,32,33,34). The smallest absolute Gasteiger partial charge is 0.205 e. The second-order valence-corrected chi connectivity index (χ2v) is 10.4. The van der Waals surface area contributed by atoms with Crippen molar-refractivity contribution in [2.45, 2.75) is 65.7 Å². The highest BCUT2D eigenvalue weighted by molar-refractivity contribution is 5.80. The molecule has 0 unspecified atom stereocenters. The lowest BCUT2D eigenvalue weighted by Crippen LogP contribution is -2.32. The number of rotatable bonds is 14. The minimum atomic E-state index is -0.354. The minimum Gasteiger partial charge on any atom is -0.352 e. The van der Waals surface area contributed by atoms with E-state index in [1.165, 1.54) is 36.2 Å². The zero-order valence-corrected chi connectivity index (χ0v) is 23.5. The molecule has 0 bridgehead atoms. The molecule has 4 rings (SSSR count). The molecule has 1 N–H and O–H groups in total. The zero-order chi connectivity index (χ0) is 26.9. The average molecular weight is 519 g/mol. The molecular formula is C30H42N6O2.